The molecule has 3 aromatic rings. The summed E-state index contributed by atoms with van der Waals surface area (Å²) < 4.78 is 5.49. The van der Waals surface area contributed by atoms with E-state index >= 15 is 0 Å². The third-order valence-electron chi connectivity index (χ3n) is 5.95. The van der Waals surface area contributed by atoms with E-state index in [1.807, 2.05) is 78.9 Å². The number of amides is 2. The second-order valence-electron chi connectivity index (χ2n) is 8.30. The Balaban J connectivity index is 1.42. The summed E-state index contributed by atoms with van der Waals surface area (Å²) in [5.41, 5.74) is 5.24. The zero-order chi connectivity index (χ0) is 24.1. The average Bonchev–Trinajstić information content (AvgIpc) is 3.16. The highest BCUT2D eigenvalue weighted by molar-refractivity contribution is 5.89. The van der Waals surface area contributed by atoms with E-state index in [1.165, 1.54) is 4.90 Å². The molecule has 1 aliphatic carbocycles. The number of likely N-dealkylation sites (N-methyl/N-ethyl adjacent to an activating group) is 1. The molecule has 3 aromatic carbocycles. The van der Waals surface area contributed by atoms with Crippen molar-refractivity contribution < 1.29 is 24.2 Å². The maximum Gasteiger partial charge on any atom is 0.407 e. The molecule has 0 heterocycles. The first-order chi connectivity index (χ1) is 16.4. The molecule has 0 aromatic heterocycles. The Kier molecular flexibility index (Phi) is 6.92. The number of hydrogen-bond acceptors (Lipinski definition) is 4. The summed E-state index contributed by atoms with van der Waals surface area (Å²) in [6, 6.07) is 24.0. The summed E-state index contributed by atoms with van der Waals surface area (Å²) in [7, 11) is 1.57. The monoisotopic (exact) mass is 458 g/mol. The Morgan fingerprint density at radius 2 is 1.47 bits per heavy atom. The fourth-order valence-corrected chi connectivity index (χ4v) is 4.36. The van der Waals surface area contributed by atoms with Gasteiger partial charge in [-0.05, 0) is 27.8 Å². The average molecular weight is 459 g/mol. The molecule has 7 nitrogen and oxygen atoms in total. The van der Waals surface area contributed by atoms with Crippen molar-refractivity contribution in [3.05, 3.63) is 95.6 Å². The van der Waals surface area contributed by atoms with Gasteiger partial charge in [-0.2, -0.15) is 0 Å². The van der Waals surface area contributed by atoms with Gasteiger partial charge in [0.2, 0.25) is 5.91 Å². The van der Waals surface area contributed by atoms with Crippen LogP contribution in [0.25, 0.3) is 11.1 Å². The number of carbonyl (C=O) groups excluding carboxylic acids is 2. The molecule has 0 fully saturated rings. The van der Waals surface area contributed by atoms with Crippen LogP contribution in [-0.4, -0.2) is 47.7 Å². The summed E-state index contributed by atoms with van der Waals surface area (Å²) in [5.74, 6) is -1.82. The minimum absolute atomic E-state index is 0.0771. The van der Waals surface area contributed by atoms with Crippen LogP contribution >= 0.6 is 0 Å². The first kappa shape index (κ1) is 23.0. The van der Waals surface area contributed by atoms with Crippen LogP contribution in [-0.2, 0) is 20.9 Å². The molecule has 0 saturated carbocycles. The highest BCUT2D eigenvalue weighted by atomic mass is 16.5. The van der Waals surface area contributed by atoms with Crippen molar-refractivity contribution in [2.75, 3.05) is 13.7 Å². The van der Waals surface area contributed by atoms with Gasteiger partial charge in [-0.25, -0.2) is 4.79 Å². The molecule has 1 aliphatic rings. The van der Waals surface area contributed by atoms with E-state index < -0.39 is 30.4 Å². The van der Waals surface area contributed by atoms with E-state index in [0.717, 1.165) is 27.8 Å². The molecule has 0 bridgehead atoms. The van der Waals surface area contributed by atoms with Crippen LogP contribution < -0.4 is 5.32 Å². The maximum atomic E-state index is 12.9. The summed E-state index contributed by atoms with van der Waals surface area (Å²) in [4.78, 5) is 38.3. The number of nitrogens with one attached hydrogen (secondary N) is 1. The molecule has 0 unspecified atom stereocenters. The quantitative estimate of drug-likeness (QED) is 0.531. The number of hydrogen-bond donors (Lipinski definition) is 2. The molecule has 0 aliphatic heterocycles. The van der Waals surface area contributed by atoms with Gasteiger partial charge in [0.1, 0.15) is 12.6 Å². The van der Waals surface area contributed by atoms with E-state index in [-0.39, 0.29) is 12.5 Å². The van der Waals surface area contributed by atoms with Crippen molar-refractivity contribution in [2.24, 2.45) is 0 Å². The Morgan fingerprint density at radius 1 is 0.912 bits per heavy atom. The largest absolute Gasteiger partial charge is 0.481 e. The molecule has 2 amide bonds. The SMILES string of the molecule is CN(Cc1ccccc1)C(=O)[C@@H](CC(=O)O)NC(=O)OCC1c2ccccc2-c2ccccc21. The zero-order valence-corrected chi connectivity index (χ0v) is 18.8. The van der Waals surface area contributed by atoms with Crippen LogP contribution in [0.4, 0.5) is 4.79 Å². The maximum absolute atomic E-state index is 12.9. The van der Waals surface area contributed by atoms with Crippen LogP contribution in [0.5, 0.6) is 0 Å². The third kappa shape index (κ3) is 5.09. The van der Waals surface area contributed by atoms with Crippen LogP contribution in [0.3, 0.4) is 0 Å². The minimum atomic E-state index is -1.23. The number of alkyl carbamates (subject to hydrolysis) is 1. The van der Waals surface area contributed by atoms with Crippen LogP contribution in [0, 0.1) is 0 Å². The van der Waals surface area contributed by atoms with Gasteiger partial charge in [0.25, 0.3) is 0 Å². The van der Waals surface area contributed by atoms with Crippen LogP contribution in [0.2, 0.25) is 0 Å². The highest BCUT2D eigenvalue weighted by Crippen LogP contribution is 2.44. The van der Waals surface area contributed by atoms with Crippen molar-refractivity contribution in [2.45, 2.75) is 24.9 Å². The lowest BCUT2D eigenvalue weighted by Crippen LogP contribution is -2.48. The molecule has 0 spiro atoms. The lowest BCUT2D eigenvalue weighted by atomic mass is 9.98. The molecule has 174 valence electrons. The first-order valence-electron chi connectivity index (χ1n) is 11.1. The number of aliphatic carboxylic acids is 1. The lowest BCUT2D eigenvalue weighted by molar-refractivity contribution is -0.142. The van der Waals surface area contributed by atoms with Crippen molar-refractivity contribution >= 4 is 18.0 Å². The third-order valence-corrected chi connectivity index (χ3v) is 5.95. The number of carboxylic acids is 1. The van der Waals surface area contributed by atoms with Gasteiger partial charge in [-0.15, -0.1) is 0 Å². The van der Waals surface area contributed by atoms with Gasteiger partial charge in [-0.3, -0.25) is 9.59 Å². The Hall–Kier alpha value is -4.13. The smallest absolute Gasteiger partial charge is 0.407 e. The second-order valence-corrected chi connectivity index (χ2v) is 8.30. The summed E-state index contributed by atoms with van der Waals surface area (Å²) >= 11 is 0. The van der Waals surface area contributed by atoms with E-state index in [0.29, 0.717) is 6.54 Å². The summed E-state index contributed by atoms with van der Waals surface area (Å²) in [6.07, 6.45) is -1.36. The molecule has 2 N–H and O–H groups in total. The standard InChI is InChI=1S/C27H26N2O5/c1-29(16-18-9-3-2-4-10-18)26(32)24(15-25(30)31)28-27(33)34-17-23-21-13-7-5-11-19(21)20-12-6-8-14-22(20)23/h2-14,23-24H,15-17H2,1H3,(H,28,33)(H,30,31)/t24-/m1/s1. The topological polar surface area (TPSA) is 95.9 Å². The van der Waals surface area contributed by atoms with Crippen molar-refractivity contribution in [1.82, 2.24) is 10.2 Å². The Morgan fingerprint density at radius 3 is 2.06 bits per heavy atom. The van der Waals surface area contributed by atoms with Crippen molar-refractivity contribution in [3.8, 4) is 11.1 Å². The lowest BCUT2D eigenvalue weighted by Gasteiger charge is -2.24. The second kappa shape index (κ2) is 10.2. The number of benzene rings is 3. The molecule has 1 atom stereocenters. The number of ether oxygens (including phenoxy) is 1. The first-order valence-corrected chi connectivity index (χ1v) is 11.1. The fourth-order valence-electron chi connectivity index (χ4n) is 4.36. The normalized spacial score (nSPS) is 12.9. The van der Waals surface area contributed by atoms with Gasteiger partial charge in [-0.1, -0.05) is 78.9 Å². The number of carboxylic acid groups (broad SMARTS) is 1. The number of rotatable bonds is 8. The van der Waals surface area contributed by atoms with E-state index in [4.69, 9.17) is 4.74 Å². The van der Waals surface area contributed by atoms with Crippen molar-refractivity contribution in [3.63, 3.8) is 0 Å². The molecule has 0 saturated heterocycles. The molecular formula is C27H26N2O5. The molecule has 34 heavy (non-hydrogen) atoms. The van der Waals surface area contributed by atoms with Crippen LogP contribution in [0.1, 0.15) is 29.0 Å². The van der Waals surface area contributed by atoms with Crippen LogP contribution in [0.15, 0.2) is 78.9 Å². The minimum Gasteiger partial charge on any atom is -0.481 e. The van der Waals surface area contributed by atoms with Gasteiger partial charge < -0.3 is 20.1 Å². The molecule has 0 radical (unpaired) electrons. The van der Waals surface area contributed by atoms with E-state index in [1.54, 1.807) is 7.05 Å². The van der Waals surface area contributed by atoms with E-state index in [9.17, 15) is 19.5 Å². The molecular weight excluding hydrogens is 432 g/mol. The van der Waals surface area contributed by atoms with Gasteiger partial charge in [0, 0.05) is 19.5 Å². The molecule has 4 rings (SSSR count). The van der Waals surface area contributed by atoms with Gasteiger partial charge >= 0.3 is 12.1 Å². The Labute approximate surface area is 198 Å². The Bertz CT molecular complexity index is 1150. The van der Waals surface area contributed by atoms with Crippen molar-refractivity contribution in [1.29, 1.82) is 0 Å². The van der Waals surface area contributed by atoms with Gasteiger partial charge in [0.15, 0.2) is 0 Å². The summed E-state index contributed by atoms with van der Waals surface area (Å²) in [5, 5.41) is 11.7. The number of nitrogens with zero attached hydrogens (tertiary/aromatic N) is 1. The number of fused-ring (bicyclic) bond motifs is 3. The highest BCUT2D eigenvalue weighted by Gasteiger charge is 2.31. The predicted molar refractivity (Wildman–Crippen MR) is 127 cm³/mol. The van der Waals surface area contributed by atoms with E-state index in [2.05, 4.69) is 5.32 Å². The zero-order valence-electron chi connectivity index (χ0n) is 18.8. The molecule has 7 heteroatoms. The summed E-state index contributed by atoms with van der Waals surface area (Å²) in [6.45, 7) is 0.371. The predicted octanol–water partition coefficient (Wildman–Crippen LogP) is 4.03. The van der Waals surface area contributed by atoms with Gasteiger partial charge in [0.05, 0.1) is 6.42 Å². The fraction of sp³-hybridized carbons (Fsp3) is 0.222. The number of carbonyl (C=O) groups is 3.